The fourth-order valence-electron chi connectivity index (χ4n) is 3.53. The molecule has 0 aliphatic heterocycles. The Morgan fingerprint density at radius 3 is 1.59 bits per heavy atom. The highest BCUT2D eigenvalue weighted by Crippen LogP contribution is 2.10. The Balaban J connectivity index is 3.34. The number of hydrogen-bond acceptors (Lipinski definition) is 4. The molecule has 0 radical (unpaired) electrons. The largest absolute Gasteiger partial charge is 0.466 e. The fraction of sp³-hybridized carbons (Fsp3) is 0.857. The molecule has 0 aromatic rings. The molecule has 0 aliphatic carbocycles. The average molecular weight is 451 g/mol. The minimum atomic E-state index is -0.141. The molecule has 0 aromatic carbocycles. The van der Waals surface area contributed by atoms with Crippen LogP contribution >= 0.6 is 0 Å². The van der Waals surface area contributed by atoms with Crippen molar-refractivity contribution in [3.05, 3.63) is 0 Å². The Labute approximate surface area is 198 Å². The molecule has 4 heteroatoms. The summed E-state index contributed by atoms with van der Waals surface area (Å²) in [7, 11) is 0. The van der Waals surface area contributed by atoms with Crippen LogP contribution < -0.4 is 0 Å². The van der Waals surface area contributed by atoms with Gasteiger partial charge in [0.2, 0.25) is 0 Å². The summed E-state index contributed by atoms with van der Waals surface area (Å²) in [4.78, 5) is 23.3. The predicted molar refractivity (Wildman–Crippen MR) is 133 cm³/mol. The van der Waals surface area contributed by atoms with Gasteiger partial charge in [-0.1, -0.05) is 109 Å². The summed E-state index contributed by atoms with van der Waals surface area (Å²) in [6.45, 7) is 5.18. The van der Waals surface area contributed by atoms with Crippen LogP contribution in [0.4, 0.5) is 0 Å². The molecule has 0 aromatic heterocycles. The third-order valence-corrected chi connectivity index (χ3v) is 5.61. The van der Waals surface area contributed by atoms with Gasteiger partial charge in [0.15, 0.2) is 6.61 Å². The summed E-state index contributed by atoms with van der Waals surface area (Å²) >= 11 is 0. The highest BCUT2D eigenvalue weighted by molar-refractivity contribution is 5.69. The van der Waals surface area contributed by atoms with Gasteiger partial charge in [0.25, 0.3) is 0 Å². The first kappa shape index (κ1) is 30.5. The van der Waals surface area contributed by atoms with Gasteiger partial charge in [-0.25, -0.2) is 0 Å². The zero-order valence-corrected chi connectivity index (χ0v) is 21.2. The van der Waals surface area contributed by atoms with Crippen LogP contribution in [0.25, 0.3) is 0 Å². The van der Waals surface area contributed by atoms with E-state index in [0.717, 1.165) is 70.6 Å². The second kappa shape index (κ2) is 25.8. The van der Waals surface area contributed by atoms with Crippen molar-refractivity contribution in [3.63, 3.8) is 0 Å². The molecule has 0 saturated carbocycles. The van der Waals surface area contributed by atoms with E-state index >= 15 is 0 Å². The van der Waals surface area contributed by atoms with Gasteiger partial charge in [-0.3, -0.25) is 9.59 Å². The molecule has 0 bridgehead atoms. The lowest BCUT2D eigenvalue weighted by atomic mass is 10.1. The highest BCUT2D eigenvalue weighted by Gasteiger charge is 2.03. The van der Waals surface area contributed by atoms with Gasteiger partial charge < -0.3 is 9.47 Å². The number of rotatable bonds is 22. The highest BCUT2D eigenvalue weighted by atomic mass is 16.5. The van der Waals surface area contributed by atoms with Crippen LogP contribution in [-0.4, -0.2) is 25.2 Å². The maximum absolute atomic E-state index is 11.7. The molecule has 0 heterocycles. The van der Waals surface area contributed by atoms with Crippen LogP contribution in [0.1, 0.15) is 142 Å². The first-order valence-electron chi connectivity index (χ1n) is 13.5. The van der Waals surface area contributed by atoms with E-state index < -0.39 is 0 Å². The summed E-state index contributed by atoms with van der Waals surface area (Å²) in [6, 6.07) is 0. The molecule has 0 aliphatic rings. The van der Waals surface area contributed by atoms with Crippen LogP contribution in [0.2, 0.25) is 0 Å². The van der Waals surface area contributed by atoms with Crippen LogP contribution in [0.5, 0.6) is 0 Å². The van der Waals surface area contributed by atoms with Gasteiger partial charge in [-0.2, -0.15) is 0 Å². The Kier molecular flexibility index (Phi) is 24.6. The summed E-state index contributed by atoms with van der Waals surface area (Å²) < 4.78 is 10.4. The molecule has 0 atom stereocenters. The van der Waals surface area contributed by atoms with Crippen LogP contribution in [0, 0.1) is 11.8 Å². The topological polar surface area (TPSA) is 52.6 Å². The van der Waals surface area contributed by atoms with Crippen LogP contribution in [0.3, 0.4) is 0 Å². The van der Waals surface area contributed by atoms with E-state index in [1.807, 2.05) is 0 Å². The standard InChI is InChI=1S/C28H50O4/c1-3-5-7-8-9-10-11-12-15-18-22-26-32-28(30)24-20-17-14-13-16-19-23-27(29)31-25-21-6-4-2/h3-17,19-21,23-26H2,1-2H3. The molecule has 0 fully saturated rings. The van der Waals surface area contributed by atoms with Gasteiger partial charge in [0.1, 0.15) is 0 Å². The molecule has 0 rings (SSSR count). The quantitative estimate of drug-likeness (QED) is 0.0955. The Bertz CT molecular complexity index is 489. The normalized spacial score (nSPS) is 10.4. The van der Waals surface area contributed by atoms with Crippen molar-refractivity contribution < 1.29 is 19.1 Å². The lowest BCUT2D eigenvalue weighted by Gasteiger charge is -2.04. The number of carbonyl (C=O) groups excluding carboxylic acids is 2. The van der Waals surface area contributed by atoms with Gasteiger partial charge >= 0.3 is 11.9 Å². The maximum atomic E-state index is 11.7. The first-order valence-corrected chi connectivity index (χ1v) is 13.5. The van der Waals surface area contributed by atoms with Crippen molar-refractivity contribution in [3.8, 4) is 11.8 Å². The Morgan fingerprint density at radius 1 is 0.531 bits per heavy atom. The fourth-order valence-corrected chi connectivity index (χ4v) is 3.53. The number of unbranched alkanes of at least 4 members (excludes halogenated alkanes) is 15. The van der Waals surface area contributed by atoms with Crippen LogP contribution in [-0.2, 0) is 19.1 Å². The van der Waals surface area contributed by atoms with Crippen molar-refractivity contribution >= 4 is 11.9 Å². The molecule has 0 spiro atoms. The Morgan fingerprint density at radius 2 is 1.00 bits per heavy atom. The van der Waals surface area contributed by atoms with Crippen molar-refractivity contribution in [1.29, 1.82) is 0 Å². The molecule has 0 unspecified atom stereocenters. The smallest absolute Gasteiger partial charge is 0.306 e. The van der Waals surface area contributed by atoms with E-state index in [4.69, 9.17) is 9.47 Å². The summed E-state index contributed by atoms with van der Waals surface area (Å²) in [6.07, 6.45) is 21.6. The minimum Gasteiger partial charge on any atom is -0.466 e. The third kappa shape index (κ3) is 24.8. The zero-order chi connectivity index (χ0) is 23.5. The second-order valence-electron chi connectivity index (χ2n) is 8.79. The lowest BCUT2D eigenvalue weighted by molar-refractivity contribution is -0.144. The van der Waals surface area contributed by atoms with Gasteiger partial charge in [-0.05, 0) is 25.7 Å². The predicted octanol–water partition coefficient (Wildman–Crippen LogP) is 7.92. The summed E-state index contributed by atoms with van der Waals surface area (Å²) in [5, 5.41) is 0. The number of hydrogen-bond donors (Lipinski definition) is 0. The lowest BCUT2D eigenvalue weighted by Crippen LogP contribution is -2.05. The van der Waals surface area contributed by atoms with Crippen LogP contribution in [0.15, 0.2) is 0 Å². The second-order valence-corrected chi connectivity index (χ2v) is 8.79. The molecule has 0 saturated heterocycles. The van der Waals surface area contributed by atoms with Gasteiger partial charge in [0, 0.05) is 19.3 Å². The first-order chi connectivity index (χ1) is 15.7. The maximum Gasteiger partial charge on any atom is 0.306 e. The number of carbonyl (C=O) groups is 2. The van der Waals surface area contributed by atoms with Gasteiger partial charge in [-0.15, -0.1) is 0 Å². The molecule has 32 heavy (non-hydrogen) atoms. The van der Waals surface area contributed by atoms with E-state index in [0.29, 0.717) is 19.4 Å². The molecule has 0 amide bonds. The molecule has 0 N–H and O–H groups in total. The molecule has 186 valence electrons. The van der Waals surface area contributed by atoms with E-state index in [-0.39, 0.29) is 18.5 Å². The molecular formula is C28H50O4. The van der Waals surface area contributed by atoms with Crippen molar-refractivity contribution in [2.75, 3.05) is 13.2 Å². The van der Waals surface area contributed by atoms with Crippen molar-refractivity contribution in [2.24, 2.45) is 0 Å². The Hall–Kier alpha value is -1.50. The monoisotopic (exact) mass is 450 g/mol. The third-order valence-electron chi connectivity index (χ3n) is 5.61. The van der Waals surface area contributed by atoms with Crippen molar-refractivity contribution in [1.82, 2.24) is 0 Å². The number of esters is 2. The van der Waals surface area contributed by atoms with E-state index in [9.17, 15) is 9.59 Å². The average Bonchev–Trinajstić information content (AvgIpc) is 2.79. The summed E-state index contributed by atoms with van der Waals surface area (Å²) in [5.74, 6) is 5.86. The SMILES string of the molecule is CCCCCCCCCCC#CCOC(=O)CCCCCCCCC(=O)OCCCCC. The zero-order valence-electron chi connectivity index (χ0n) is 21.2. The molecule has 4 nitrogen and oxygen atoms in total. The van der Waals surface area contributed by atoms with E-state index in [1.165, 1.54) is 44.9 Å². The van der Waals surface area contributed by atoms with E-state index in [1.54, 1.807) is 0 Å². The molecular weight excluding hydrogens is 400 g/mol. The van der Waals surface area contributed by atoms with E-state index in [2.05, 4.69) is 25.7 Å². The summed E-state index contributed by atoms with van der Waals surface area (Å²) in [5.41, 5.74) is 0. The minimum absolute atomic E-state index is 0.0650. The number of ether oxygens (including phenoxy) is 2. The van der Waals surface area contributed by atoms with Gasteiger partial charge in [0.05, 0.1) is 6.61 Å². The van der Waals surface area contributed by atoms with Crippen molar-refractivity contribution in [2.45, 2.75) is 142 Å².